The van der Waals surface area contributed by atoms with E-state index in [-0.39, 0.29) is 0 Å². The Labute approximate surface area is 261 Å². The first-order chi connectivity index (χ1) is 20.7. The van der Waals surface area contributed by atoms with Crippen LogP contribution in [-0.2, 0) is 19.1 Å². The van der Waals surface area contributed by atoms with Crippen LogP contribution >= 0.6 is 0 Å². The third-order valence-electron chi connectivity index (χ3n) is 7.95. The van der Waals surface area contributed by atoms with E-state index in [4.69, 9.17) is 9.47 Å². The zero-order chi connectivity index (χ0) is 30.6. The van der Waals surface area contributed by atoms with E-state index < -0.39 is 11.9 Å². The van der Waals surface area contributed by atoms with Gasteiger partial charge in [-0.1, -0.05) is 154 Å². The van der Waals surface area contributed by atoms with Crippen molar-refractivity contribution in [1.82, 2.24) is 0 Å². The lowest BCUT2D eigenvalue weighted by Crippen LogP contribution is -2.21. The van der Waals surface area contributed by atoms with E-state index in [2.05, 4.69) is 38.2 Å². The lowest BCUT2D eigenvalue weighted by atomic mass is 10.1. The smallest absolute Gasteiger partial charge is 0.417 e. The molecule has 0 aromatic heterocycles. The van der Waals surface area contributed by atoms with Crippen LogP contribution in [0, 0.1) is 0 Å². The van der Waals surface area contributed by atoms with Crippen LogP contribution in [0.3, 0.4) is 0 Å². The number of esters is 2. The number of unbranched alkanes of at least 4 members (excludes halogenated alkanes) is 24. The molecular formula is C38H70O4. The highest BCUT2D eigenvalue weighted by Crippen LogP contribution is 2.12. The van der Waals surface area contributed by atoms with E-state index in [1.807, 2.05) is 0 Å². The Kier molecular flexibility index (Phi) is 34.3. The molecule has 42 heavy (non-hydrogen) atoms. The highest BCUT2D eigenvalue weighted by atomic mass is 16.6. The van der Waals surface area contributed by atoms with Gasteiger partial charge in [0, 0.05) is 0 Å². The summed E-state index contributed by atoms with van der Waals surface area (Å²) >= 11 is 0. The molecule has 0 unspecified atom stereocenters. The maximum Gasteiger partial charge on any atom is 0.417 e. The van der Waals surface area contributed by atoms with Crippen molar-refractivity contribution in [3.05, 3.63) is 24.3 Å². The van der Waals surface area contributed by atoms with Gasteiger partial charge in [0.15, 0.2) is 0 Å². The van der Waals surface area contributed by atoms with Gasteiger partial charge in [-0.25, -0.2) is 9.59 Å². The van der Waals surface area contributed by atoms with Crippen LogP contribution in [0.15, 0.2) is 24.3 Å². The highest BCUT2D eigenvalue weighted by Gasteiger charge is 2.16. The predicted octanol–water partition coefficient (Wildman–Crippen LogP) is 12.1. The molecule has 0 saturated heterocycles. The van der Waals surface area contributed by atoms with E-state index in [9.17, 15) is 9.59 Å². The summed E-state index contributed by atoms with van der Waals surface area (Å²) in [6.45, 7) is 5.15. The number of ether oxygens (including phenoxy) is 2. The Balaban J connectivity index is 3.35. The van der Waals surface area contributed by atoms with E-state index in [0.717, 1.165) is 38.5 Å². The quantitative estimate of drug-likeness (QED) is 0.0338. The topological polar surface area (TPSA) is 52.6 Å². The van der Waals surface area contributed by atoms with Crippen LogP contribution in [0.4, 0.5) is 0 Å². The van der Waals surface area contributed by atoms with Crippen molar-refractivity contribution in [2.75, 3.05) is 13.2 Å². The summed E-state index contributed by atoms with van der Waals surface area (Å²) in [5.74, 6) is -1.68. The van der Waals surface area contributed by atoms with E-state index in [1.54, 1.807) is 0 Å². The van der Waals surface area contributed by atoms with Gasteiger partial charge in [0.25, 0.3) is 0 Å². The number of allylic oxidation sites excluding steroid dienone is 4. The average Bonchev–Trinajstić information content (AvgIpc) is 3.00. The van der Waals surface area contributed by atoms with Crippen LogP contribution < -0.4 is 0 Å². The molecule has 0 aromatic rings. The number of carbonyl (C=O) groups excluding carboxylic acids is 2. The largest absolute Gasteiger partial charge is 0.457 e. The molecule has 0 atom stereocenters. The van der Waals surface area contributed by atoms with Gasteiger partial charge in [0.1, 0.15) is 0 Å². The molecule has 0 aliphatic heterocycles. The summed E-state index contributed by atoms with van der Waals surface area (Å²) in [5.41, 5.74) is 0. The molecular weight excluding hydrogens is 520 g/mol. The Morgan fingerprint density at radius 3 is 0.881 bits per heavy atom. The molecule has 0 amide bonds. The summed E-state index contributed by atoms with van der Waals surface area (Å²) in [6.07, 6.45) is 44.1. The number of carbonyl (C=O) groups is 2. The summed E-state index contributed by atoms with van der Waals surface area (Å²) in [4.78, 5) is 23.6. The minimum absolute atomic E-state index is 0.309. The fraction of sp³-hybridized carbons (Fsp3) is 0.842. The van der Waals surface area contributed by atoms with Gasteiger partial charge in [0.05, 0.1) is 13.2 Å². The standard InChI is InChI=1S/C38H70O4/c1-3-5-7-9-11-13-15-17-19-21-23-25-27-29-31-33-35-41-37(39)38(40)42-36-34-32-30-28-26-24-22-20-18-16-14-12-10-8-6-4-2/h17-20H,3-16,21-36H2,1-2H3/b19-17-,20-18-. The molecule has 0 bridgehead atoms. The highest BCUT2D eigenvalue weighted by molar-refractivity contribution is 6.29. The molecule has 4 nitrogen and oxygen atoms in total. The second-order valence-corrected chi connectivity index (χ2v) is 12.1. The third-order valence-corrected chi connectivity index (χ3v) is 7.95. The molecule has 0 heterocycles. The molecule has 0 N–H and O–H groups in total. The number of rotatable bonds is 32. The van der Waals surface area contributed by atoms with Crippen molar-refractivity contribution < 1.29 is 19.1 Å². The van der Waals surface area contributed by atoms with Gasteiger partial charge in [-0.3, -0.25) is 0 Å². The summed E-state index contributed by atoms with van der Waals surface area (Å²) in [6, 6.07) is 0. The first-order valence-corrected chi connectivity index (χ1v) is 18.4. The van der Waals surface area contributed by atoms with Crippen molar-refractivity contribution in [2.24, 2.45) is 0 Å². The van der Waals surface area contributed by atoms with Crippen LogP contribution in [-0.4, -0.2) is 25.2 Å². The Morgan fingerprint density at radius 1 is 0.357 bits per heavy atom. The maximum atomic E-state index is 11.8. The molecule has 0 fully saturated rings. The van der Waals surface area contributed by atoms with E-state index >= 15 is 0 Å². The molecule has 246 valence electrons. The first kappa shape index (κ1) is 40.4. The number of hydrogen-bond acceptors (Lipinski definition) is 4. The molecule has 0 spiro atoms. The minimum Gasteiger partial charge on any atom is -0.457 e. The Bertz CT molecular complexity index is 571. The van der Waals surface area contributed by atoms with Crippen LogP contribution in [0.5, 0.6) is 0 Å². The lowest BCUT2D eigenvalue weighted by Gasteiger charge is -2.06. The van der Waals surface area contributed by atoms with Gasteiger partial charge in [-0.05, 0) is 64.2 Å². The first-order valence-electron chi connectivity index (χ1n) is 18.4. The Morgan fingerprint density at radius 2 is 0.595 bits per heavy atom. The fourth-order valence-corrected chi connectivity index (χ4v) is 5.15. The SMILES string of the molecule is CCCCCCCC/C=C\CCCCCCCCOC(=O)C(=O)OCCCCCCCC/C=C\CCCCCCCC. The fourth-order valence-electron chi connectivity index (χ4n) is 5.15. The van der Waals surface area contributed by atoms with Crippen LogP contribution in [0.2, 0.25) is 0 Å². The van der Waals surface area contributed by atoms with Crippen LogP contribution in [0.25, 0.3) is 0 Å². The van der Waals surface area contributed by atoms with Crippen LogP contribution in [0.1, 0.15) is 194 Å². The summed E-state index contributed by atoms with van der Waals surface area (Å²) < 4.78 is 10.2. The minimum atomic E-state index is -0.840. The normalized spacial score (nSPS) is 11.6. The van der Waals surface area contributed by atoms with Gasteiger partial charge in [-0.15, -0.1) is 0 Å². The molecule has 4 heteroatoms. The summed E-state index contributed by atoms with van der Waals surface area (Å²) in [5, 5.41) is 0. The number of hydrogen-bond donors (Lipinski definition) is 0. The van der Waals surface area contributed by atoms with Crippen molar-refractivity contribution in [2.45, 2.75) is 194 Å². The molecule has 0 rings (SSSR count). The third kappa shape index (κ3) is 32.9. The second-order valence-electron chi connectivity index (χ2n) is 12.1. The molecule has 0 aliphatic carbocycles. The monoisotopic (exact) mass is 591 g/mol. The van der Waals surface area contributed by atoms with Gasteiger partial charge in [0.2, 0.25) is 0 Å². The second kappa shape index (κ2) is 35.6. The zero-order valence-corrected chi connectivity index (χ0v) is 28.2. The summed E-state index contributed by atoms with van der Waals surface area (Å²) in [7, 11) is 0. The maximum absolute atomic E-state index is 11.8. The van der Waals surface area contributed by atoms with Crippen molar-refractivity contribution in [1.29, 1.82) is 0 Å². The molecule has 0 radical (unpaired) electrons. The zero-order valence-electron chi connectivity index (χ0n) is 28.2. The predicted molar refractivity (Wildman–Crippen MR) is 181 cm³/mol. The van der Waals surface area contributed by atoms with Crippen molar-refractivity contribution in [3.63, 3.8) is 0 Å². The van der Waals surface area contributed by atoms with Gasteiger partial charge in [-0.2, -0.15) is 0 Å². The van der Waals surface area contributed by atoms with E-state index in [1.165, 1.54) is 141 Å². The van der Waals surface area contributed by atoms with Gasteiger partial charge < -0.3 is 9.47 Å². The molecule has 0 saturated carbocycles. The van der Waals surface area contributed by atoms with E-state index in [0.29, 0.717) is 13.2 Å². The van der Waals surface area contributed by atoms with Crippen molar-refractivity contribution >= 4 is 11.9 Å². The molecule has 0 aliphatic rings. The lowest BCUT2D eigenvalue weighted by molar-refractivity contribution is -0.167. The molecule has 0 aromatic carbocycles. The Hall–Kier alpha value is -1.58. The van der Waals surface area contributed by atoms with Gasteiger partial charge >= 0.3 is 11.9 Å². The average molecular weight is 591 g/mol. The van der Waals surface area contributed by atoms with Crippen molar-refractivity contribution in [3.8, 4) is 0 Å².